The van der Waals surface area contributed by atoms with Crippen molar-refractivity contribution in [2.24, 2.45) is 0 Å². The number of benzene rings is 2. The number of furan rings is 1. The van der Waals surface area contributed by atoms with Crippen molar-refractivity contribution in [3.63, 3.8) is 0 Å². The second-order valence-electron chi connectivity index (χ2n) is 5.30. The highest BCUT2D eigenvalue weighted by molar-refractivity contribution is 7.11. The normalized spacial score (nSPS) is 11.0. The number of amides is 1. The van der Waals surface area contributed by atoms with Crippen LogP contribution in [0, 0.1) is 0 Å². The highest BCUT2D eigenvalue weighted by Gasteiger charge is 2.17. The lowest BCUT2D eigenvalue weighted by molar-refractivity contribution is 0.102. The number of anilines is 1. The van der Waals surface area contributed by atoms with Gasteiger partial charge in [0.25, 0.3) is 5.91 Å². The molecule has 2 aromatic heterocycles. The molecule has 25 heavy (non-hydrogen) atoms. The highest BCUT2D eigenvalue weighted by Crippen LogP contribution is 2.31. The Balaban J connectivity index is 1.55. The zero-order chi connectivity index (χ0) is 17.4. The van der Waals surface area contributed by atoms with Gasteiger partial charge in [0.05, 0.1) is 0 Å². The molecule has 4 nitrogen and oxygen atoms in total. The van der Waals surface area contributed by atoms with E-state index < -0.39 is 5.91 Å². The molecule has 2 aromatic carbocycles. The minimum Gasteiger partial charge on any atom is -0.456 e. The Morgan fingerprint density at radius 1 is 1.08 bits per heavy atom. The van der Waals surface area contributed by atoms with Crippen LogP contribution >= 0.6 is 34.7 Å². The van der Waals surface area contributed by atoms with Gasteiger partial charge < -0.3 is 9.73 Å². The quantitative estimate of drug-likeness (QED) is 0.460. The molecule has 0 saturated carbocycles. The zero-order valence-corrected chi connectivity index (χ0v) is 15.0. The van der Waals surface area contributed by atoms with Crippen LogP contribution < -0.4 is 5.32 Å². The third kappa shape index (κ3) is 3.14. The Kier molecular flexibility index (Phi) is 4.21. The van der Waals surface area contributed by atoms with Crippen LogP contribution in [0.2, 0.25) is 9.36 Å². The van der Waals surface area contributed by atoms with E-state index in [0.717, 1.165) is 33.8 Å². The maximum Gasteiger partial charge on any atom is 0.276 e. The lowest BCUT2D eigenvalue weighted by Crippen LogP contribution is -2.12. The average molecular weight is 389 g/mol. The fourth-order valence-corrected chi connectivity index (χ4v) is 3.43. The Morgan fingerprint density at radius 2 is 1.84 bits per heavy atom. The number of carbonyl (C=O) groups is 1. The molecule has 1 N–H and O–H groups in total. The zero-order valence-electron chi connectivity index (χ0n) is 12.6. The summed E-state index contributed by atoms with van der Waals surface area (Å²) in [5, 5.41) is 3.96. The van der Waals surface area contributed by atoms with Crippen molar-refractivity contribution in [2.45, 2.75) is 0 Å². The van der Waals surface area contributed by atoms with Gasteiger partial charge in [-0.15, -0.1) is 0 Å². The first-order chi connectivity index (χ1) is 12.1. The van der Waals surface area contributed by atoms with Crippen molar-refractivity contribution >= 4 is 57.3 Å². The molecule has 1 amide bonds. The Bertz CT molecular complexity index is 1040. The van der Waals surface area contributed by atoms with E-state index in [1.54, 1.807) is 12.1 Å². The van der Waals surface area contributed by atoms with E-state index in [2.05, 4.69) is 9.69 Å². The lowest BCUT2D eigenvalue weighted by atomic mass is 10.1. The standard InChI is InChI=1S/C18H10Cl2N2O2S/c19-15-16(22-25-17(15)20)18(23)21-12-7-5-10(6-8-12)14-9-11-3-1-2-4-13(11)24-14/h1-9H,(H,21,23). The van der Waals surface area contributed by atoms with Gasteiger partial charge in [-0.2, -0.15) is 4.37 Å². The number of hydrogen-bond acceptors (Lipinski definition) is 4. The number of fused-ring (bicyclic) bond motifs is 1. The number of hydrogen-bond donors (Lipinski definition) is 1. The van der Waals surface area contributed by atoms with Gasteiger partial charge in [-0.05, 0) is 47.9 Å². The first-order valence-corrected chi connectivity index (χ1v) is 8.86. The Labute approximate surface area is 157 Å². The van der Waals surface area contributed by atoms with Crippen LogP contribution in [-0.4, -0.2) is 10.3 Å². The van der Waals surface area contributed by atoms with Gasteiger partial charge in [0.15, 0.2) is 5.69 Å². The van der Waals surface area contributed by atoms with Crippen molar-refractivity contribution in [3.8, 4) is 11.3 Å². The summed E-state index contributed by atoms with van der Waals surface area (Å²) in [4.78, 5) is 12.2. The van der Waals surface area contributed by atoms with Gasteiger partial charge in [-0.25, -0.2) is 0 Å². The van der Waals surface area contributed by atoms with Crippen LogP contribution in [0.15, 0.2) is 59.0 Å². The fraction of sp³-hybridized carbons (Fsp3) is 0. The van der Waals surface area contributed by atoms with Crippen molar-refractivity contribution in [2.75, 3.05) is 5.32 Å². The van der Waals surface area contributed by atoms with E-state index in [4.69, 9.17) is 27.6 Å². The molecule has 0 saturated heterocycles. The third-order valence-electron chi connectivity index (χ3n) is 3.67. The van der Waals surface area contributed by atoms with Crippen LogP contribution in [0.5, 0.6) is 0 Å². The predicted molar refractivity (Wildman–Crippen MR) is 102 cm³/mol. The van der Waals surface area contributed by atoms with Crippen molar-refractivity contribution < 1.29 is 9.21 Å². The number of para-hydroxylation sites is 1. The van der Waals surface area contributed by atoms with Crippen molar-refractivity contribution in [1.29, 1.82) is 0 Å². The predicted octanol–water partition coefficient (Wildman–Crippen LogP) is 6.12. The van der Waals surface area contributed by atoms with Gasteiger partial charge in [0.1, 0.15) is 20.7 Å². The average Bonchev–Trinajstić information content (AvgIpc) is 3.19. The molecule has 124 valence electrons. The molecule has 0 atom stereocenters. The molecule has 4 rings (SSSR count). The Morgan fingerprint density at radius 3 is 2.52 bits per heavy atom. The van der Waals surface area contributed by atoms with Gasteiger partial charge in [-0.3, -0.25) is 4.79 Å². The van der Waals surface area contributed by atoms with E-state index in [-0.39, 0.29) is 10.7 Å². The summed E-state index contributed by atoms with van der Waals surface area (Å²) >= 11 is 12.8. The first kappa shape index (κ1) is 16.1. The summed E-state index contributed by atoms with van der Waals surface area (Å²) in [6, 6.07) is 17.2. The van der Waals surface area contributed by atoms with Crippen LogP contribution in [0.25, 0.3) is 22.3 Å². The van der Waals surface area contributed by atoms with Crippen LogP contribution in [-0.2, 0) is 0 Å². The topological polar surface area (TPSA) is 55.1 Å². The molecule has 0 fully saturated rings. The number of rotatable bonds is 3. The smallest absolute Gasteiger partial charge is 0.276 e. The van der Waals surface area contributed by atoms with Gasteiger partial charge in [0.2, 0.25) is 0 Å². The third-order valence-corrected chi connectivity index (χ3v) is 5.28. The second-order valence-corrected chi connectivity index (χ2v) is 7.05. The first-order valence-electron chi connectivity index (χ1n) is 7.33. The van der Waals surface area contributed by atoms with Crippen molar-refractivity contribution in [3.05, 3.63) is 69.7 Å². The maximum atomic E-state index is 12.2. The number of aromatic nitrogens is 1. The maximum absolute atomic E-state index is 12.2. The largest absolute Gasteiger partial charge is 0.456 e. The fourth-order valence-electron chi connectivity index (χ4n) is 2.43. The number of nitrogens with one attached hydrogen (secondary N) is 1. The summed E-state index contributed by atoms with van der Waals surface area (Å²) < 4.78 is 10.1. The molecule has 0 aliphatic heterocycles. The summed E-state index contributed by atoms with van der Waals surface area (Å²) in [5.74, 6) is 0.373. The van der Waals surface area contributed by atoms with E-state index in [0.29, 0.717) is 10.0 Å². The summed E-state index contributed by atoms with van der Waals surface area (Å²) in [6.07, 6.45) is 0. The molecule has 0 unspecified atom stereocenters. The molecule has 4 aromatic rings. The molecule has 0 spiro atoms. The van der Waals surface area contributed by atoms with Gasteiger partial charge >= 0.3 is 0 Å². The number of nitrogens with zero attached hydrogens (tertiary/aromatic N) is 1. The minimum atomic E-state index is -0.398. The van der Waals surface area contributed by atoms with Crippen molar-refractivity contribution in [1.82, 2.24) is 4.37 Å². The SMILES string of the molecule is O=C(Nc1ccc(-c2cc3ccccc3o2)cc1)c1nsc(Cl)c1Cl. The molecule has 0 radical (unpaired) electrons. The summed E-state index contributed by atoms with van der Waals surface area (Å²) in [5.41, 5.74) is 2.51. The van der Waals surface area contributed by atoms with E-state index in [9.17, 15) is 4.79 Å². The van der Waals surface area contributed by atoms with Crippen LogP contribution in [0.4, 0.5) is 5.69 Å². The molecule has 7 heteroatoms. The molecule has 2 heterocycles. The number of carbonyl (C=O) groups excluding carboxylic acids is 1. The minimum absolute atomic E-state index is 0.123. The van der Waals surface area contributed by atoms with Gasteiger partial charge in [0, 0.05) is 16.6 Å². The van der Waals surface area contributed by atoms with E-state index in [1.165, 1.54) is 0 Å². The van der Waals surface area contributed by atoms with Crippen LogP contribution in [0.3, 0.4) is 0 Å². The second kappa shape index (κ2) is 6.52. The van der Waals surface area contributed by atoms with E-state index >= 15 is 0 Å². The van der Waals surface area contributed by atoms with Gasteiger partial charge in [-0.1, -0.05) is 41.4 Å². The molecular weight excluding hydrogens is 379 g/mol. The summed E-state index contributed by atoms with van der Waals surface area (Å²) in [7, 11) is 0. The molecular formula is C18H10Cl2N2O2S. The molecule has 0 bridgehead atoms. The Hall–Kier alpha value is -2.34. The van der Waals surface area contributed by atoms with E-state index in [1.807, 2.05) is 42.5 Å². The van der Waals surface area contributed by atoms with Crippen LogP contribution in [0.1, 0.15) is 10.5 Å². The highest BCUT2D eigenvalue weighted by atomic mass is 35.5. The monoisotopic (exact) mass is 388 g/mol. The molecule has 0 aliphatic rings. The molecule has 0 aliphatic carbocycles. The lowest BCUT2D eigenvalue weighted by Gasteiger charge is -2.04. The summed E-state index contributed by atoms with van der Waals surface area (Å²) in [6.45, 7) is 0. The number of halogens is 2.